The summed E-state index contributed by atoms with van der Waals surface area (Å²) in [4.78, 5) is 12.4. The summed E-state index contributed by atoms with van der Waals surface area (Å²) in [6.45, 7) is 0. The molecule has 3 N–H and O–H groups in total. The van der Waals surface area contributed by atoms with Crippen molar-refractivity contribution in [3.05, 3.63) is 40.6 Å². The second kappa shape index (κ2) is 7.62. The van der Waals surface area contributed by atoms with Crippen molar-refractivity contribution in [1.82, 2.24) is 10.9 Å². The second-order valence-corrected chi connectivity index (χ2v) is 5.43. The van der Waals surface area contributed by atoms with Crippen molar-refractivity contribution >= 4 is 40.3 Å². The maximum absolute atomic E-state index is 11.8. The van der Waals surface area contributed by atoms with Crippen molar-refractivity contribution in [2.75, 3.05) is 19.5 Å². The van der Waals surface area contributed by atoms with Crippen LogP contribution in [-0.4, -0.2) is 25.2 Å². The smallest absolute Gasteiger partial charge is 0.279 e. The molecule has 0 aliphatic rings. The maximum atomic E-state index is 11.8. The van der Waals surface area contributed by atoms with Crippen LogP contribution in [0.4, 0.5) is 5.69 Å². The third-order valence-corrected chi connectivity index (χ3v) is 3.76. The average Bonchev–Trinajstić information content (AvgIpc) is 3.07. The number of ether oxygens (including phenoxy) is 2. The van der Waals surface area contributed by atoms with Gasteiger partial charge in [0.25, 0.3) is 5.91 Å². The number of hydrogen-bond donors (Lipinski definition) is 3. The highest BCUT2D eigenvalue weighted by Crippen LogP contribution is 2.28. The van der Waals surface area contributed by atoms with Crippen LogP contribution in [0.25, 0.3) is 0 Å². The van der Waals surface area contributed by atoms with Crippen LogP contribution in [0.5, 0.6) is 11.5 Å². The molecule has 1 aromatic carbocycles. The topological polar surface area (TPSA) is 71.6 Å². The first-order chi connectivity index (χ1) is 10.6. The van der Waals surface area contributed by atoms with E-state index in [-0.39, 0.29) is 11.0 Å². The Bertz CT molecular complexity index is 659. The molecule has 1 heterocycles. The number of amides is 1. The van der Waals surface area contributed by atoms with E-state index >= 15 is 0 Å². The molecule has 2 aromatic rings. The molecule has 0 aliphatic heterocycles. The van der Waals surface area contributed by atoms with Gasteiger partial charge in [-0.1, -0.05) is 6.07 Å². The Morgan fingerprint density at radius 1 is 1.18 bits per heavy atom. The predicted molar refractivity (Wildman–Crippen MR) is 90.7 cm³/mol. The van der Waals surface area contributed by atoms with Gasteiger partial charge in [0, 0.05) is 6.07 Å². The highest BCUT2D eigenvalue weighted by molar-refractivity contribution is 7.80. The quantitative estimate of drug-likeness (QED) is 0.588. The summed E-state index contributed by atoms with van der Waals surface area (Å²) in [7, 11) is 3.13. The molecule has 116 valence electrons. The minimum atomic E-state index is -0.249. The van der Waals surface area contributed by atoms with Crippen LogP contribution in [0.15, 0.2) is 35.7 Å². The van der Waals surface area contributed by atoms with Crippen LogP contribution in [0.3, 0.4) is 0 Å². The number of thiocarbonyl (C=S) groups is 1. The van der Waals surface area contributed by atoms with Gasteiger partial charge in [-0.05, 0) is 35.8 Å². The molecule has 8 heteroatoms. The number of nitrogens with one attached hydrogen (secondary N) is 3. The van der Waals surface area contributed by atoms with Crippen LogP contribution in [0.2, 0.25) is 0 Å². The van der Waals surface area contributed by atoms with Crippen molar-refractivity contribution in [1.29, 1.82) is 0 Å². The summed E-state index contributed by atoms with van der Waals surface area (Å²) in [6, 6.07) is 8.81. The zero-order valence-corrected chi connectivity index (χ0v) is 13.6. The van der Waals surface area contributed by atoms with Crippen molar-refractivity contribution in [2.24, 2.45) is 0 Å². The summed E-state index contributed by atoms with van der Waals surface area (Å²) in [6.07, 6.45) is 0. The SMILES string of the molecule is COc1ccc(NC(=S)NNC(=O)c2cccs2)c(OC)c1. The van der Waals surface area contributed by atoms with E-state index in [1.165, 1.54) is 11.3 Å². The number of thiophene rings is 1. The van der Waals surface area contributed by atoms with Crippen LogP contribution < -0.4 is 25.6 Å². The molecule has 2 rings (SSSR count). The molecule has 0 atom stereocenters. The predicted octanol–water partition coefficient (Wildman–Crippen LogP) is 2.40. The van der Waals surface area contributed by atoms with Crippen molar-refractivity contribution < 1.29 is 14.3 Å². The van der Waals surface area contributed by atoms with Crippen LogP contribution >= 0.6 is 23.6 Å². The summed E-state index contributed by atoms with van der Waals surface area (Å²) in [5.74, 6) is 1.00. The summed E-state index contributed by atoms with van der Waals surface area (Å²) in [5.41, 5.74) is 5.82. The summed E-state index contributed by atoms with van der Waals surface area (Å²) in [5, 5.41) is 5.01. The van der Waals surface area contributed by atoms with Gasteiger partial charge < -0.3 is 14.8 Å². The van der Waals surface area contributed by atoms with Gasteiger partial charge in [0.05, 0.1) is 24.8 Å². The highest BCUT2D eigenvalue weighted by Gasteiger charge is 2.09. The Hall–Kier alpha value is -2.32. The van der Waals surface area contributed by atoms with E-state index in [0.717, 1.165) is 0 Å². The molecular weight excluding hydrogens is 322 g/mol. The molecule has 0 unspecified atom stereocenters. The van der Waals surface area contributed by atoms with E-state index in [4.69, 9.17) is 21.7 Å². The van der Waals surface area contributed by atoms with Crippen LogP contribution in [0.1, 0.15) is 9.67 Å². The Balaban J connectivity index is 1.93. The van der Waals surface area contributed by atoms with Gasteiger partial charge in [-0.2, -0.15) is 0 Å². The van der Waals surface area contributed by atoms with Gasteiger partial charge in [-0.25, -0.2) is 0 Å². The van der Waals surface area contributed by atoms with E-state index in [9.17, 15) is 4.79 Å². The third kappa shape index (κ3) is 4.09. The van der Waals surface area contributed by atoms with E-state index in [2.05, 4.69) is 16.2 Å². The van der Waals surface area contributed by atoms with Gasteiger partial charge in [0.1, 0.15) is 11.5 Å². The largest absolute Gasteiger partial charge is 0.497 e. The van der Waals surface area contributed by atoms with E-state index in [1.807, 2.05) is 5.38 Å². The zero-order valence-electron chi connectivity index (χ0n) is 12.0. The third-order valence-electron chi connectivity index (χ3n) is 2.69. The van der Waals surface area contributed by atoms with Gasteiger partial charge in [-0.3, -0.25) is 15.6 Å². The van der Waals surface area contributed by atoms with E-state index < -0.39 is 0 Å². The minimum absolute atomic E-state index is 0.244. The molecule has 0 radical (unpaired) electrons. The van der Waals surface area contributed by atoms with Crippen molar-refractivity contribution in [3.8, 4) is 11.5 Å². The Morgan fingerprint density at radius 2 is 2.00 bits per heavy atom. The molecule has 1 aromatic heterocycles. The highest BCUT2D eigenvalue weighted by atomic mass is 32.1. The van der Waals surface area contributed by atoms with Crippen molar-refractivity contribution in [3.63, 3.8) is 0 Å². The Kier molecular flexibility index (Phi) is 5.56. The molecule has 0 aliphatic carbocycles. The first-order valence-electron chi connectivity index (χ1n) is 6.27. The van der Waals surface area contributed by atoms with Crippen molar-refractivity contribution in [2.45, 2.75) is 0 Å². The van der Waals surface area contributed by atoms with Crippen LogP contribution in [0, 0.1) is 0 Å². The first-order valence-corrected chi connectivity index (χ1v) is 7.55. The van der Waals surface area contributed by atoms with Gasteiger partial charge in [0.15, 0.2) is 5.11 Å². The average molecular weight is 337 g/mol. The monoisotopic (exact) mass is 337 g/mol. The minimum Gasteiger partial charge on any atom is -0.497 e. The number of hydrogen-bond acceptors (Lipinski definition) is 5. The number of hydrazine groups is 1. The zero-order chi connectivity index (χ0) is 15.9. The maximum Gasteiger partial charge on any atom is 0.279 e. The van der Waals surface area contributed by atoms with E-state index in [1.54, 1.807) is 44.6 Å². The molecule has 22 heavy (non-hydrogen) atoms. The number of rotatable bonds is 4. The first kappa shape index (κ1) is 16.1. The van der Waals surface area contributed by atoms with E-state index in [0.29, 0.717) is 22.1 Å². The summed E-state index contributed by atoms with van der Waals surface area (Å²) < 4.78 is 10.4. The molecule has 0 bridgehead atoms. The Labute approximate surface area is 137 Å². The number of carbonyl (C=O) groups excluding carboxylic acids is 1. The molecule has 0 fully saturated rings. The lowest BCUT2D eigenvalue weighted by Crippen LogP contribution is -2.43. The van der Waals surface area contributed by atoms with Gasteiger partial charge >= 0.3 is 0 Å². The summed E-state index contributed by atoms with van der Waals surface area (Å²) >= 11 is 6.48. The molecule has 0 spiro atoms. The fraction of sp³-hybridized carbons (Fsp3) is 0.143. The van der Waals surface area contributed by atoms with Gasteiger partial charge in [0.2, 0.25) is 0 Å². The van der Waals surface area contributed by atoms with Crippen LogP contribution in [-0.2, 0) is 0 Å². The fourth-order valence-electron chi connectivity index (χ4n) is 1.64. The molecule has 1 amide bonds. The standard InChI is InChI=1S/C14H15N3O3S2/c1-19-9-5-6-10(11(8-9)20-2)15-14(21)17-16-13(18)12-4-3-7-22-12/h3-8H,1-2H3,(H,16,18)(H2,15,17,21). The lowest BCUT2D eigenvalue weighted by Gasteiger charge is -2.14. The number of methoxy groups -OCH3 is 2. The Morgan fingerprint density at radius 3 is 2.64 bits per heavy atom. The molecule has 6 nitrogen and oxygen atoms in total. The fourth-order valence-corrected chi connectivity index (χ4v) is 2.42. The number of benzene rings is 1. The van der Waals surface area contributed by atoms with Gasteiger partial charge in [-0.15, -0.1) is 11.3 Å². The number of anilines is 1. The lowest BCUT2D eigenvalue weighted by atomic mass is 10.2. The normalized spacial score (nSPS) is 9.73. The number of carbonyl (C=O) groups is 1. The molecule has 0 saturated carbocycles. The molecular formula is C14H15N3O3S2. The lowest BCUT2D eigenvalue weighted by molar-refractivity contribution is 0.0948. The second-order valence-electron chi connectivity index (χ2n) is 4.08. The molecule has 0 saturated heterocycles.